The van der Waals surface area contributed by atoms with Gasteiger partial charge in [0.2, 0.25) is 10.0 Å². The first-order valence-corrected chi connectivity index (χ1v) is 7.18. The molecule has 0 radical (unpaired) electrons. The van der Waals surface area contributed by atoms with Crippen molar-refractivity contribution in [2.45, 2.75) is 14.9 Å². The van der Waals surface area contributed by atoms with E-state index in [4.69, 9.17) is 10.9 Å². The van der Waals surface area contributed by atoms with E-state index in [0.29, 0.717) is 5.16 Å². The summed E-state index contributed by atoms with van der Waals surface area (Å²) in [5.74, 6) is 0. The van der Waals surface area contributed by atoms with Gasteiger partial charge in [-0.3, -0.25) is 0 Å². The second-order valence-electron chi connectivity index (χ2n) is 3.51. The SMILES string of the molecule is Cn1ncnc1Sc1ccc(S(N)(=O)=O)c(N)c1. The van der Waals surface area contributed by atoms with Crippen LogP contribution in [-0.2, 0) is 17.1 Å². The number of nitrogen functional groups attached to an aromatic ring is 1. The van der Waals surface area contributed by atoms with Crippen molar-refractivity contribution in [3.05, 3.63) is 24.5 Å². The zero-order valence-corrected chi connectivity index (χ0v) is 11.1. The van der Waals surface area contributed by atoms with Crippen LogP contribution in [0.5, 0.6) is 0 Å². The number of hydrogen-bond acceptors (Lipinski definition) is 6. The summed E-state index contributed by atoms with van der Waals surface area (Å²) < 4.78 is 24.0. The zero-order chi connectivity index (χ0) is 13.3. The molecule has 1 aromatic carbocycles. The van der Waals surface area contributed by atoms with Crippen molar-refractivity contribution in [1.29, 1.82) is 0 Å². The number of primary sulfonamides is 1. The van der Waals surface area contributed by atoms with Crippen LogP contribution in [0.25, 0.3) is 0 Å². The van der Waals surface area contributed by atoms with E-state index in [1.807, 2.05) is 0 Å². The third-order valence-electron chi connectivity index (χ3n) is 2.17. The van der Waals surface area contributed by atoms with Crippen molar-refractivity contribution in [2.75, 3.05) is 5.73 Å². The Bertz CT molecular complexity index is 680. The van der Waals surface area contributed by atoms with Crippen molar-refractivity contribution in [3.63, 3.8) is 0 Å². The summed E-state index contributed by atoms with van der Waals surface area (Å²) in [6.07, 6.45) is 1.43. The molecular weight excluding hydrogens is 274 g/mol. The molecular formula is C9H11N5O2S2. The summed E-state index contributed by atoms with van der Waals surface area (Å²) in [6, 6.07) is 4.54. The Labute approximate surface area is 108 Å². The lowest BCUT2D eigenvalue weighted by Crippen LogP contribution is -2.14. The summed E-state index contributed by atoms with van der Waals surface area (Å²) in [5, 5.41) is 9.63. The highest BCUT2D eigenvalue weighted by Crippen LogP contribution is 2.29. The van der Waals surface area contributed by atoms with Gasteiger partial charge in [-0.25, -0.2) is 23.2 Å². The van der Waals surface area contributed by atoms with E-state index in [0.717, 1.165) is 4.90 Å². The van der Waals surface area contributed by atoms with Crippen LogP contribution in [0.15, 0.2) is 39.5 Å². The molecule has 4 N–H and O–H groups in total. The van der Waals surface area contributed by atoms with E-state index in [2.05, 4.69) is 10.1 Å². The molecule has 2 rings (SSSR count). The zero-order valence-electron chi connectivity index (χ0n) is 9.44. The first-order valence-electron chi connectivity index (χ1n) is 4.82. The second kappa shape index (κ2) is 4.59. The van der Waals surface area contributed by atoms with E-state index in [1.54, 1.807) is 23.9 Å². The minimum atomic E-state index is -3.79. The average molecular weight is 285 g/mol. The number of aryl methyl sites for hydroxylation is 1. The van der Waals surface area contributed by atoms with Crippen molar-refractivity contribution >= 4 is 27.5 Å². The first kappa shape index (κ1) is 12.9. The Balaban J connectivity index is 2.33. The van der Waals surface area contributed by atoms with Gasteiger partial charge in [0.1, 0.15) is 11.2 Å². The van der Waals surface area contributed by atoms with Crippen LogP contribution in [-0.4, -0.2) is 23.2 Å². The normalized spacial score (nSPS) is 11.7. The number of nitrogens with two attached hydrogens (primary N) is 2. The molecule has 7 nitrogen and oxygen atoms in total. The number of aromatic nitrogens is 3. The van der Waals surface area contributed by atoms with Gasteiger partial charge in [-0.15, -0.1) is 0 Å². The van der Waals surface area contributed by atoms with Gasteiger partial charge in [0, 0.05) is 11.9 Å². The van der Waals surface area contributed by atoms with Crippen LogP contribution in [0.1, 0.15) is 0 Å². The van der Waals surface area contributed by atoms with E-state index in [9.17, 15) is 8.42 Å². The summed E-state index contributed by atoms with van der Waals surface area (Å²) in [5.41, 5.74) is 5.77. The number of benzene rings is 1. The number of anilines is 1. The quantitative estimate of drug-likeness (QED) is 0.778. The molecule has 18 heavy (non-hydrogen) atoms. The highest BCUT2D eigenvalue weighted by atomic mass is 32.2. The molecule has 0 saturated heterocycles. The summed E-state index contributed by atoms with van der Waals surface area (Å²) in [6.45, 7) is 0. The van der Waals surface area contributed by atoms with E-state index >= 15 is 0 Å². The van der Waals surface area contributed by atoms with Crippen LogP contribution in [0.2, 0.25) is 0 Å². The topological polar surface area (TPSA) is 117 Å². The molecule has 2 aromatic rings. The number of sulfonamides is 1. The van der Waals surface area contributed by atoms with Crippen LogP contribution >= 0.6 is 11.8 Å². The number of rotatable bonds is 3. The third kappa shape index (κ3) is 2.63. The Morgan fingerprint density at radius 1 is 1.39 bits per heavy atom. The molecule has 0 aliphatic rings. The van der Waals surface area contributed by atoms with Gasteiger partial charge in [0.25, 0.3) is 0 Å². The Morgan fingerprint density at radius 3 is 2.61 bits per heavy atom. The van der Waals surface area contributed by atoms with E-state index < -0.39 is 10.0 Å². The van der Waals surface area contributed by atoms with Gasteiger partial charge in [-0.2, -0.15) is 5.10 Å². The fourth-order valence-electron chi connectivity index (χ4n) is 1.33. The van der Waals surface area contributed by atoms with Gasteiger partial charge < -0.3 is 5.73 Å². The summed E-state index contributed by atoms with van der Waals surface area (Å²) >= 11 is 1.33. The van der Waals surface area contributed by atoms with Crippen molar-refractivity contribution in [1.82, 2.24) is 14.8 Å². The molecule has 96 valence electrons. The fraction of sp³-hybridized carbons (Fsp3) is 0.111. The standard InChI is InChI=1S/C9H11N5O2S2/c1-14-9(12-5-13-14)17-6-2-3-8(7(10)4-6)18(11,15)16/h2-5H,10H2,1H3,(H2,11,15,16). The Kier molecular flexibility index (Phi) is 3.28. The molecule has 0 bridgehead atoms. The molecule has 0 atom stereocenters. The van der Waals surface area contributed by atoms with Crippen LogP contribution < -0.4 is 10.9 Å². The van der Waals surface area contributed by atoms with Crippen LogP contribution in [0, 0.1) is 0 Å². The fourth-order valence-corrected chi connectivity index (χ4v) is 2.79. The molecule has 0 amide bonds. The molecule has 0 unspecified atom stereocenters. The van der Waals surface area contributed by atoms with Crippen LogP contribution in [0.4, 0.5) is 5.69 Å². The molecule has 1 heterocycles. The van der Waals surface area contributed by atoms with Crippen molar-refractivity contribution in [3.8, 4) is 0 Å². The van der Waals surface area contributed by atoms with Crippen molar-refractivity contribution < 1.29 is 8.42 Å². The lowest BCUT2D eigenvalue weighted by atomic mass is 10.3. The third-order valence-corrected chi connectivity index (χ3v) is 4.19. The molecule has 0 aliphatic carbocycles. The lowest BCUT2D eigenvalue weighted by Gasteiger charge is -2.05. The summed E-state index contributed by atoms with van der Waals surface area (Å²) in [4.78, 5) is 4.72. The highest BCUT2D eigenvalue weighted by Gasteiger charge is 2.13. The molecule has 9 heteroatoms. The van der Waals surface area contributed by atoms with E-state index in [-0.39, 0.29) is 10.6 Å². The highest BCUT2D eigenvalue weighted by molar-refractivity contribution is 7.99. The van der Waals surface area contributed by atoms with Gasteiger partial charge in [0.05, 0.1) is 5.69 Å². The van der Waals surface area contributed by atoms with Gasteiger partial charge >= 0.3 is 0 Å². The van der Waals surface area contributed by atoms with Crippen molar-refractivity contribution in [2.24, 2.45) is 12.2 Å². The molecule has 0 fully saturated rings. The van der Waals surface area contributed by atoms with Gasteiger partial charge in [0.15, 0.2) is 5.16 Å². The lowest BCUT2D eigenvalue weighted by molar-refractivity contribution is 0.598. The smallest absolute Gasteiger partial charge is 0.240 e. The predicted octanol–water partition coefficient (Wildman–Crippen LogP) is 0.196. The van der Waals surface area contributed by atoms with Gasteiger partial charge in [-0.1, -0.05) is 11.8 Å². The predicted molar refractivity (Wildman–Crippen MR) is 67.4 cm³/mol. The van der Waals surface area contributed by atoms with E-state index in [1.165, 1.54) is 24.2 Å². The minimum Gasteiger partial charge on any atom is -0.398 e. The Hall–Kier alpha value is -1.58. The second-order valence-corrected chi connectivity index (χ2v) is 6.08. The van der Waals surface area contributed by atoms with Crippen LogP contribution in [0.3, 0.4) is 0 Å². The molecule has 1 aromatic heterocycles. The first-order chi connectivity index (χ1) is 8.38. The Morgan fingerprint density at radius 2 is 2.11 bits per heavy atom. The van der Waals surface area contributed by atoms with Gasteiger partial charge in [-0.05, 0) is 18.2 Å². The maximum absolute atomic E-state index is 11.2. The largest absolute Gasteiger partial charge is 0.398 e. The average Bonchev–Trinajstić information content (AvgIpc) is 2.62. The number of nitrogens with zero attached hydrogens (tertiary/aromatic N) is 3. The molecule has 0 aliphatic heterocycles. The minimum absolute atomic E-state index is 0.0789. The molecule has 0 saturated carbocycles. The maximum Gasteiger partial charge on any atom is 0.240 e. The summed E-state index contributed by atoms with van der Waals surface area (Å²) in [7, 11) is -2.03. The molecule has 0 spiro atoms. The maximum atomic E-state index is 11.2. The monoisotopic (exact) mass is 285 g/mol. The number of hydrogen-bond donors (Lipinski definition) is 2.